The lowest BCUT2D eigenvalue weighted by molar-refractivity contribution is -0.121. The molecule has 0 unspecified atom stereocenters. The maximum Gasteiger partial charge on any atom is 0.253 e. The molecule has 3 rings (SSSR count). The topological polar surface area (TPSA) is 52.6 Å². The molecule has 1 N–H and O–H groups in total. The summed E-state index contributed by atoms with van der Waals surface area (Å²) in [5.41, 5.74) is 1.76. The summed E-state index contributed by atoms with van der Waals surface area (Å²) in [7, 11) is 2.08. The van der Waals surface area contributed by atoms with E-state index >= 15 is 0 Å². The molecule has 5 nitrogen and oxygen atoms in total. The zero-order valence-corrected chi connectivity index (χ0v) is 15.9. The van der Waals surface area contributed by atoms with Crippen LogP contribution in [0.1, 0.15) is 54.4 Å². The van der Waals surface area contributed by atoms with Crippen molar-refractivity contribution in [3.8, 4) is 0 Å². The third-order valence-electron chi connectivity index (χ3n) is 5.74. The maximum atomic E-state index is 12.5. The highest BCUT2D eigenvalue weighted by Crippen LogP contribution is 2.28. The van der Waals surface area contributed by atoms with Gasteiger partial charge in [-0.1, -0.05) is 37.8 Å². The van der Waals surface area contributed by atoms with E-state index in [9.17, 15) is 9.59 Å². The first-order valence-electron chi connectivity index (χ1n) is 9.95. The van der Waals surface area contributed by atoms with E-state index in [2.05, 4.69) is 17.3 Å². The third-order valence-corrected chi connectivity index (χ3v) is 5.74. The smallest absolute Gasteiger partial charge is 0.253 e. The minimum absolute atomic E-state index is 0.102. The second-order valence-corrected chi connectivity index (χ2v) is 7.76. The van der Waals surface area contributed by atoms with Gasteiger partial charge in [-0.25, -0.2) is 0 Å². The van der Waals surface area contributed by atoms with Gasteiger partial charge in [0, 0.05) is 44.7 Å². The highest BCUT2D eigenvalue weighted by molar-refractivity contribution is 5.94. The van der Waals surface area contributed by atoms with Crippen LogP contribution in [-0.4, -0.2) is 54.8 Å². The van der Waals surface area contributed by atoms with Crippen molar-refractivity contribution < 1.29 is 9.59 Å². The molecule has 1 aromatic carbocycles. The molecule has 0 atom stereocenters. The molecule has 5 heteroatoms. The maximum absolute atomic E-state index is 12.5. The van der Waals surface area contributed by atoms with Crippen LogP contribution in [0.4, 0.5) is 0 Å². The van der Waals surface area contributed by atoms with Crippen molar-refractivity contribution in [3.05, 3.63) is 35.4 Å². The van der Waals surface area contributed by atoms with E-state index in [1.54, 1.807) is 0 Å². The molecule has 0 radical (unpaired) electrons. The average Bonchev–Trinajstić information content (AvgIpc) is 3.19. The Labute approximate surface area is 156 Å². The van der Waals surface area contributed by atoms with Crippen molar-refractivity contribution in [2.24, 2.45) is 5.92 Å². The number of hydrogen-bond acceptors (Lipinski definition) is 3. The Hall–Kier alpha value is -1.88. The lowest BCUT2D eigenvalue weighted by atomic mass is 10.0. The number of carbonyl (C=O) groups is 2. The van der Waals surface area contributed by atoms with Crippen LogP contribution in [0.5, 0.6) is 0 Å². The molecule has 1 aliphatic carbocycles. The SMILES string of the molecule is CN1CCN(C(=O)c2ccc(CNC(=O)CCC3CCCC3)cc2)CC1. The summed E-state index contributed by atoms with van der Waals surface area (Å²) in [5, 5.41) is 3.00. The molecule has 1 heterocycles. The number of amides is 2. The molecule has 0 spiro atoms. The molecule has 2 aliphatic rings. The Morgan fingerprint density at radius 1 is 1.04 bits per heavy atom. The summed E-state index contributed by atoms with van der Waals surface area (Å²) in [6.07, 6.45) is 6.87. The van der Waals surface area contributed by atoms with E-state index < -0.39 is 0 Å². The van der Waals surface area contributed by atoms with Gasteiger partial charge in [0.15, 0.2) is 0 Å². The van der Waals surface area contributed by atoms with Gasteiger partial charge in [0.25, 0.3) is 5.91 Å². The second kappa shape index (κ2) is 9.17. The van der Waals surface area contributed by atoms with Crippen LogP contribution >= 0.6 is 0 Å². The minimum Gasteiger partial charge on any atom is -0.352 e. The van der Waals surface area contributed by atoms with Crippen LogP contribution in [0.15, 0.2) is 24.3 Å². The fraction of sp³-hybridized carbons (Fsp3) is 0.619. The molecule has 2 amide bonds. The first-order chi connectivity index (χ1) is 12.6. The summed E-state index contributed by atoms with van der Waals surface area (Å²) in [6.45, 7) is 3.96. The van der Waals surface area contributed by atoms with E-state index in [0.717, 1.165) is 49.6 Å². The van der Waals surface area contributed by atoms with Gasteiger partial charge in [0.1, 0.15) is 0 Å². The van der Waals surface area contributed by atoms with Gasteiger partial charge >= 0.3 is 0 Å². The van der Waals surface area contributed by atoms with Crippen LogP contribution in [0.2, 0.25) is 0 Å². The monoisotopic (exact) mass is 357 g/mol. The van der Waals surface area contributed by atoms with Gasteiger partial charge in [-0.2, -0.15) is 0 Å². The Morgan fingerprint density at radius 3 is 2.35 bits per heavy atom. The van der Waals surface area contributed by atoms with E-state index in [1.807, 2.05) is 29.2 Å². The molecule has 2 fully saturated rings. The van der Waals surface area contributed by atoms with Crippen LogP contribution < -0.4 is 5.32 Å². The average molecular weight is 357 g/mol. The highest BCUT2D eigenvalue weighted by atomic mass is 16.2. The van der Waals surface area contributed by atoms with Gasteiger partial charge in [-0.05, 0) is 37.1 Å². The quantitative estimate of drug-likeness (QED) is 0.852. The van der Waals surface area contributed by atoms with Crippen molar-refractivity contribution in [1.82, 2.24) is 15.1 Å². The van der Waals surface area contributed by atoms with Gasteiger partial charge in [-0.3, -0.25) is 9.59 Å². The fourth-order valence-electron chi connectivity index (χ4n) is 3.88. The molecule has 1 aromatic rings. The molecule has 1 saturated heterocycles. The number of likely N-dealkylation sites (N-methyl/N-ethyl adjacent to an activating group) is 1. The van der Waals surface area contributed by atoms with Crippen LogP contribution in [0.3, 0.4) is 0 Å². The van der Waals surface area contributed by atoms with E-state index in [4.69, 9.17) is 0 Å². The molecular formula is C21H31N3O2. The number of nitrogens with one attached hydrogen (secondary N) is 1. The van der Waals surface area contributed by atoms with Gasteiger partial charge < -0.3 is 15.1 Å². The molecular weight excluding hydrogens is 326 g/mol. The first-order valence-corrected chi connectivity index (χ1v) is 9.95. The second-order valence-electron chi connectivity index (χ2n) is 7.76. The van der Waals surface area contributed by atoms with Gasteiger partial charge in [-0.15, -0.1) is 0 Å². The Morgan fingerprint density at radius 2 is 1.69 bits per heavy atom. The molecule has 142 valence electrons. The summed E-state index contributed by atoms with van der Waals surface area (Å²) in [6, 6.07) is 7.64. The summed E-state index contributed by atoms with van der Waals surface area (Å²) >= 11 is 0. The highest BCUT2D eigenvalue weighted by Gasteiger charge is 2.20. The van der Waals surface area contributed by atoms with Gasteiger partial charge in [0.05, 0.1) is 0 Å². The van der Waals surface area contributed by atoms with Crippen molar-refractivity contribution in [2.45, 2.75) is 45.1 Å². The first kappa shape index (κ1) is 18.9. The third kappa shape index (κ3) is 5.31. The Balaban J connectivity index is 1.42. The normalized spacial score (nSPS) is 18.9. The van der Waals surface area contributed by atoms with Crippen molar-refractivity contribution in [2.75, 3.05) is 33.2 Å². The predicted molar refractivity (Wildman–Crippen MR) is 103 cm³/mol. The molecule has 0 aromatic heterocycles. The molecule has 0 bridgehead atoms. The summed E-state index contributed by atoms with van der Waals surface area (Å²) in [5.74, 6) is 0.986. The van der Waals surface area contributed by atoms with Crippen molar-refractivity contribution in [1.29, 1.82) is 0 Å². The Kier molecular flexibility index (Phi) is 6.67. The number of carbonyl (C=O) groups excluding carboxylic acids is 2. The van der Waals surface area contributed by atoms with E-state index in [1.165, 1.54) is 25.7 Å². The van der Waals surface area contributed by atoms with Crippen molar-refractivity contribution in [3.63, 3.8) is 0 Å². The van der Waals surface area contributed by atoms with Crippen LogP contribution in [-0.2, 0) is 11.3 Å². The minimum atomic E-state index is 0.102. The lowest BCUT2D eigenvalue weighted by Gasteiger charge is -2.32. The van der Waals surface area contributed by atoms with Crippen LogP contribution in [0.25, 0.3) is 0 Å². The number of nitrogens with zero attached hydrogens (tertiary/aromatic N) is 2. The van der Waals surface area contributed by atoms with E-state index in [0.29, 0.717) is 13.0 Å². The van der Waals surface area contributed by atoms with Crippen LogP contribution in [0, 0.1) is 5.92 Å². The fourth-order valence-corrected chi connectivity index (χ4v) is 3.88. The lowest BCUT2D eigenvalue weighted by Crippen LogP contribution is -2.47. The predicted octanol–water partition coefficient (Wildman–Crippen LogP) is 2.66. The summed E-state index contributed by atoms with van der Waals surface area (Å²) < 4.78 is 0. The van der Waals surface area contributed by atoms with Crippen molar-refractivity contribution >= 4 is 11.8 Å². The Bertz CT molecular complexity index is 600. The molecule has 1 aliphatic heterocycles. The largest absolute Gasteiger partial charge is 0.352 e. The zero-order chi connectivity index (χ0) is 18.4. The van der Waals surface area contributed by atoms with Gasteiger partial charge in [0.2, 0.25) is 5.91 Å². The summed E-state index contributed by atoms with van der Waals surface area (Å²) in [4.78, 5) is 28.7. The number of benzene rings is 1. The number of hydrogen-bond donors (Lipinski definition) is 1. The number of rotatable bonds is 6. The standard InChI is InChI=1S/C21H31N3O2/c1-23-12-14-24(15-13-23)21(26)19-9-6-18(7-10-19)16-22-20(25)11-8-17-4-2-3-5-17/h6-7,9-10,17H,2-5,8,11-16H2,1H3,(H,22,25). The molecule has 1 saturated carbocycles. The molecule has 26 heavy (non-hydrogen) atoms. The van der Waals surface area contributed by atoms with E-state index in [-0.39, 0.29) is 11.8 Å². The number of piperazine rings is 1. The zero-order valence-electron chi connectivity index (χ0n) is 15.9.